The van der Waals surface area contributed by atoms with E-state index in [9.17, 15) is 4.79 Å². The summed E-state index contributed by atoms with van der Waals surface area (Å²) in [5.41, 5.74) is 4.45. The number of nitrogens with one attached hydrogen (secondary N) is 1. The molecule has 0 saturated carbocycles. The summed E-state index contributed by atoms with van der Waals surface area (Å²) < 4.78 is 0. The van der Waals surface area contributed by atoms with Gasteiger partial charge in [0.05, 0.1) is 11.9 Å². The number of carbonyl (C=O) groups excluding carboxylic acids is 1. The minimum absolute atomic E-state index is 0.163. The minimum Gasteiger partial charge on any atom is -0.354 e. The Hall–Kier alpha value is -3.44. The second kappa shape index (κ2) is 10.9. The first-order valence-electron chi connectivity index (χ1n) is 11.6. The number of hydrogen-bond acceptors (Lipinski definition) is 4. The highest BCUT2D eigenvalue weighted by Gasteiger charge is 2.18. The maximum absolute atomic E-state index is 12.2. The molecule has 5 nitrogen and oxygen atoms in total. The second-order valence-corrected chi connectivity index (χ2v) is 8.80. The number of nitrogens with zero attached hydrogens (tertiary/aromatic N) is 3. The van der Waals surface area contributed by atoms with Crippen molar-refractivity contribution in [2.75, 3.05) is 36.4 Å². The van der Waals surface area contributed by atoms with Gasteiger partial charge in [0.25, 0.3) is 0 Å². The van der Waals surface area contributed by atoms with Crippen molar-refractivity contribution in [1.29, 1.82) is 0 Å². The van der Waals surface area contributed by atoms with Crippen LogP contribution in [-0.2, 0) is 11.3 Å². The number of aromatic nitrogens is 1. The van der Waals surface area contributed by atoms with Crippen LogP contribution in [0.25, 0.3) is 6.08 Å². The summed E-state index contributed by atoms with van der Waals surface area (Å²) >= 11 is 0. The maximum Gasteiger partial charge on any atom is 0.248 e. The van der Waals surface area contributed by atoms with Crippen LogP contribution >= 0.6 is 0 Å². The standard InChI is InChI=1S/C28H32N4O/c1-22(2)25-11-8-24(9-12-25)21-31-16-18-32(19-17-31)27-14-13-26(20-29-27)30-28(33)15-10-23-6-4-3-5-7-23/h3-15,20,22H,16-19,21H2,1-2H3,(H,30,33)/b15-10+. The molecule has 1 saturated heterocycles. The SMILES string of the molecule is CC(C)c1ccc(CN2CCN(c3ccc(NC(=O)/C=C/c4ccccc4)cn3)CC2)cc1. The van der Waals surface area contributed by atoms with E-state index in [0.29, 0.717) is 11.6 Å². The monoisotopic (exact) mass is 440 g/mol. The molecule has 0 spiro atoms. The maximum atomic E-state index is 12.2. The van der Waals surface area contributed by atoms with Crippen LogP contribution in [0.15, 0.2) is 79.0 Å². The molecule has 0 aliphatic carbocycles. The lowest BCUT2D eigenvalue weighted by molar-refractivity contribution is -0.111. The topological polar surface area (TPSA) is 48.5 Å². The van der Waals surface area contributed by atoms with Crippen molar-refractivity contribution in [2.45, 2.75) is 26.3 Å². The fourth-order valence-electron chi connectivity index (χ4n) is 3.97. The molecule has 0 atom stereocenters. The van der Waals surface area contributed by atoms with Crippen LogP contribution in [-0.4, -0.2) is 42.0 Å². The van der Waals surface area contributed by atoms with E-state index < -0.39 is 0 Å². The van der Waals surface area contributed by atoms with Crippen LogP contribution in [0.1, 0.15) is 36.5 Å². The Morgan fingerprint density at radius 1 is 0.970 bits per heavy atom. The normalized spacial score (nSPS) is 14.7. The molecule has 0 unspecified atom stereocenters. The lowest BCUT2D eigenvalue weighted by Gasteiger charge is -2.35. The molecule has 1 amide bonds. The molecular formula is C28H32N4O. The molecule has 4 rings (SSSR count). The predicted molar refractivity (Wildman–Crippen MR) is 136 cm³/mol. The fourth-order valence-corrected chi connectivity index (χ4v) is 3.97. The first kappa shape index (κ1) is 22.7. The zero-order valence-electron chi connectivity index (χ0n) is 19.4. The van der Waals surface area contributed by atoms with Gasteiger partial charge < -0.3 is 10.2 Å². The van der Waals surface area contributed by atoms with Crippen molar-refractivity contribution < 1.29 is 4.79 Å². The van der Waals surface area contributed by atoms with Gasteiger partial charge in [0.1, 0.15) is 5.82 Å². The Labute approximate surface area is 196 Å². The number of hydrogen-bond donors (Lipinski definition) is 1. The Morgan fingerprint density at radius 2 is 1.70 bits per heavy atom. The highest BCUT2D eigenvalue weighted by Crippen LogP contribution is 2.19. The Kier molecular flexibility index (Phi) is 7.53. The Balaban J connectivity index is 1.25. The lowest BCUT2D eigenvalue weighted by atomic mass is 10.0. The zero-order valence-corrected chi connectivity index (χ0v) is 19.4. The van der Waals surface area contributed by atoms with Crippen LogP contribution in [0.5, 0.6) is 0 Å². The lowest BCUT2D eigenvalue weighted by Crippen LogP contribution is -2.46. The van der Waals surface area contributed by atoms with E-state index in [1.54, 1.807) is 18.3 Å². The van der Waals surface area contributed by atoms with Gasteiger partial charge in [0.15, 0.2) is 0 Å². The van der Waals surface area contributed by atoms with Gasteiger partial charge in [-0.05, 0) is 40.8 Å². The summed E-state index contributed by atoms with van der Waals surface area (Å²) in [6.07, 6.45) is 5.07. The van der Waals surface area contributed by atoms with E-state index in [4.69, 9.17) is 0 Å². The van der Waals surface area contributed by atoms with Gasteiger partial charge in [-0.3, -0.25) is 9.69 Å². The Morgan fingerprint density at radius 3 is 2.33 bits per heavy atom. The Bertz CT molecular complexity index is 1050. The third kappa shape index (κ3) is 6.53. The minimum atomic E-state index is -0.163. The predicted octanol–water partition coefficient (Wildman–Crippen LogP) is 5.18. The number of carbonyl (C=O) groups is 1. The summed E-state index contributed by atoms with van der Waals surface area (Å²) in [5, 5.41) is 2.87. The van der Waals surface area contributed by atoms with Gasteiger partial charge in [0, 0.05) is 38.8 Å². The molecule has 1 N–H and O–H groups in total. The van der Waals surface area contributed by atoms with Gasteiger partial charge >= 0.3 is 0 Å². The molecule has 0 radical (unpaired) electrons. The number of rotatable bonds is 7. The smallest absolute Gasteiger partial charge is 0.248 e. The van der Waals surface area contributed by atoms with Crippen molar-refractivity contribution in [3.63, 3.8) is 0 Å². The molecule has 1 aliphatic heterocycles. The molecule has 1 aliphatic rings. The third-order valence-electron chi connectivity index (χ3n) is 5.99. The molecule has 2 heterocycles. The molecule has 5 heteroatoms. The summed E-state index contributed by atoms with van der Waals surface area (Å²) in [4.78, 5) is 21.5. The van der Waals surface area contributed by atoms with Gasteiger partial charge in [-0.25, -0.2) is 4.98 Å². The van der Waals surface area contributed by atoms with E-state index in [-0.39, 0.29) is 5.91 Å². The quantitative estimate of drug-likeness (QED) is 0.515. The molecule has 2 aromatic carbocycles. The summed E-state index contributed by atoms with van der Waals surface area (Å²) in [5.74, 6) is 1.36. The van der Waals surface area contributed by atoms with E-state index in [1.165, 1.54) is 11.1 Å². The summed E-state index contributed by atoms with van der Waals surface area (Å²) in [7, 11) is 0. The van der Waals surface area contributed by atoms with Gasteiger partial charge in [0.2, 0.25) is 5.91 Å². The summed E-state index contributed by atoms with van der Waals surface area (Å²) in [6, 6.07) is 22.7. The van der Waals surface area contributed by atoms with Crippen molar-refractivity contribution in [1.82, 2.24) is 9.88 Å². The number of amides is 1. The first-order valence-corrected chi connectivity index (χ1v) is 11.6. The molecule has 0 bridgehead atoms. The molecule has 3 aromatic rings. The van der Waals surface area contributed by atoms with E-state index >= 15 is 0 Å². The molecular weight excluding hydrogens is 408 g/mol. The van der Waals surface area contributed by atoms with Crippen LogP contribution in [0.3, 0.4) is 0 Å². The highest BCUT2D eigenvalue weighted by atomic mass is 16.1. The second-order valence-electron chi connectivity index (χ2n) is 8.80. The highest BCUT2D eigenvalue weighted by molar-refractivity contribution is 6.01. The van der Waals surface area contributed by atoms with Gasteiger partial charge in [-0.2, -0.15) is 0 Å². The van der Waals surface area contributed by atoms with Crippen LogP contribution in [0.4, 0.5) is 11.5 Å². The van der Waals surface area contributed by atoms with Crippen LogP contribution in [0.2, 0.25) is 0 Å². The molecule has 170 valence electrons. The van der Waals surface area contributed by atoms with E-state index in [0.717, 1.165) is 44.1 Å². The number of piperazine rings is 1. The number of pyridine rings is 1. The van der Waals surface area contributed by atoms with E-state index in [1.807, 2.05) is 42.5 Å². The molecule has 1 fully saturated rings. The average Bonchev–Trinajstić information content (AvgIpc) is 2.85. The van der Waals surface area contributed by atoms with Gasteiger partial charge in [-0.1, -0.05) is 68.4 Å². The van der Waals surface area contributed by atoms with Crippen molar-refractivity contribution in [2.24, 2.45) is 0 Å². The molecule has 1 aromatic heterocycles. The fraction of sp³-hybridized carbons (Fsp3) is 0.286. The average molecular weight is 441 g/mol. The third-order valence-corrected chi connectivity index (χ3v) is 5.99. The number of benzene rings is 2. The first-order chi connectivity index (χ1) is 16.1. The van der Waals surface area contributed by atoms with E-state index in [2.05, 4.69) is 58.2 Å². The van der Waals surface area contributed by atoms with Crippen LogP contribution in [0, 0.1) is 0 Å². The zero-order chi connectivity index (χ0) is 23.0. The largest absolute Gasteiger partial charge is 0.354 e. The van der Waals surface area contributed by atoms with Gasteiger partial charge in [-0.15, -0.1) is 0 Å². The van der Waals surface area contributed by atoms with Crippen LogP contribution < -0.4 is 10.2 Å². The van der Waals surface area contributed by atoms with Crippen molar-refractivity contribution in [3.05, 3.63) is 95.7 Å². The molecule has 33 heavy (non-hydrogen) atoms. The van der Waals surface area contributed by atoms with Crippen molar-refractivity contribution in [3.8, 4) is 0 Å². The summed E-state index contributed by atoms with van der Waals surface area (Å²) in [6.45, 7) is 9.36. The van der Waals surface area contributed by atoms with Crippen molar-refractivity contribution >= 4 is 23.5 Å². The number of anilines is 2.